The Bertz CT molecular complexity index is 149. The van der Waals surface area contributed by atoms with E-state index in [2.05, 4.69) is 17.1 Å². The Hall–Kier alpha value is 0.500. The van der Waals surface area contributed by atoms with Gasteiger partial charge in [0.15, 0.2) is 0 Å². The number of nitrogens with one attached hydrogen (secondary N) is 1. The molecular weight excluding hydrogens is 219 g/mol. The summed E-state index contributed by atoms with van der Waals surface area (Å²) >= 11 is 12.4. The molecule has 84 valence electrons. The van der Waals surface area contributed by atoms with Crippen LogP contribution in [0.4, 0.5) is 0 Å². The van der Waals surface area contributed by atoms with Gasteiger partial charge in [0.25, 0.3) is 0 Å². The van der Waals surface area contributed by atoms with E-state index in [0.29, 0.717) is 0 Å². The highest BCUT2D eigenvalue weighted by Crippen LogP contribution is 2.16. The summed E-state index contributed by atoms with van der Waals surface area (Å²) < 4.78 is 0. The molecule has 0 saturated carbocycles. The van der Waals surface area contributed by atoms with E-state index < -0.39 is 0 Å². The number of rotatable bonds is 5. The van der Waals surface area contributed by atoms with Crippen LogP contribution in [0.15, 0.2) is 0 Å². The highest BCUT2D eigenvalue weighted by molar-refractivity contribution is 6.30. The maximum atomic E-state index is 6.25. The topological polar surface area (TPSA) is 15.3 Å². The fraction of sp³-hybridized carbons (Fsp3) is 1.00. The molecule has 0 aromatic rings. The van der Waals surface area contributed by atoms with Gasteiger partial charge >= 0.3 is 0 Å². The van der Waals surface area contributed by atoms with Crippen molar-refractivity contribution in [2.45, 2.75) is 30.5 Å². The van der Waals surface area contributed by atoms with E-state index >= 15 is 0 Å². The van der Waals surface area contributed by atoms with Crippen LogP contribution in [0.25, 0.3) is 0 Å². The molecule has 1 rings (SSSR count). The van der Waals surface area contributed by atoms with Crippen LogP contribution in [0.3, 0.4) is 0 Å². The number of hydrogen-bond donors (Lipinski definition) is 1. The summed E-state index contributed by atoms with van der Waals surface area (Å²) in [4.78, 5) is 2.39. The predicted molar refractivity (Wildman–Crippen MR) is 63.5 cm³/mol. The third kappa shape index (κ3) is 4.35. The lowest BCUT2D eigenvalue weighted by molar-refractivity contribution is 0.238. The van der Waals surface area contributed by atoms with Gasteiger partial charge in [-0.25, -0.2) is 0 Å². The first kappa shape index (κ1) is 12.6. The van der Waals surface area contributed by atoms with Crippen LogP contribution >= 0.6 is 23.2 Å². The molecule has 0 amide bonds. The Kier molecular flexibility index (Phi) is 6.18. The molecule has 0 aromatic carbocycles. The largest absolute Gasteiger partial charge is 0.314 e. The van der Waals surface area contributed by atoms with Crippen molar-refractivity contribution in [1.82, 2.24) is 10.2 Å². The highest BCUT2D eigenvalue weighted by atomic mass is 35.5. The number of hydrogen-bond acceptors (Lipinski definition) is 2. The van der Waals surface area contributed by atoms with Gasteiger partial charge in [0, 0.05) is 32.7 Å². The monoisotopic (exact) mass is 238 g/mol. The number of alkyl halides is 2. The second-order valence-electron chi connectivity index (χ2n) is 3.87. The Labute approximate surface area is 96.9 Å². The third-order valence-corrected chi connectivity index (χ3v) is 3.69. The average molecular weight is 239 g/mol. The first-order chi connectivity index (χ1) is 6.74. The van der Waals surface area contributed by atoms with Gasteiger partial charge < -0.3 is 5.32 Å². The summed E-state index contributed by atoms with van der Waals surface area (Å²) in [7, 11) is 0. The number of halogens is 2. The van der Waals surface area contributed by atoms with Gasteiger partial charge in [0.2, 0.25) is 0 Å². The molecule has 0 spiro atoms. The van der Waals surface area contributed by atoms with E-state index in [4.69, 9.17) is 23.2 Å². The molecule has 1 aliphatic heterocycles. The molecule has 1 fully saturated rings. The molecule has 1 N–H and O–H groups in total. The molecule has 0 aliphatic carbocycles. The van der Waals surface area contributed by atoms with Crippen molar-refractivity contribution >= 4 is 23.2 Å². The minimum atomic E-state index is 0.0923. The molecule has 4 heteroatoms. The Morgan fingerprint density at radius 3 is 2.43 bits per heavy atom. The second-order valence-corrected chi connectivity index (χ2v) is 4.99. The average Bonchev–Trinajstić information content (AvgIpc) is 2.19. The van der Waals surface area contributed by atoms with Crippen LogP contribution in [0, 0.1) is 0 Å². The standard InChI is InChI=1S/C10H20Cl2N2/c1-2-3-9(11)10(12)8-14-6-4-13-5-7-14/h9-10,13H,2-8H2,1H3. The molecule has 1 aliphatic rings. The van der Waals surface area contributed by atoms with Crippen LogP contribution in [0.5, 0.6) is 0 Å². The van der Waals surface area contributed by atoms with E-state index in [1.807, 2.05) is 0 Å². The first-order valence-corrected chi connectivity index (χ1v) is 6.32. The first-order valence-electron chi connectivity index (χ1n) is 5.45. The van der Waals surface area contributed by atoms with Crippen molar-refractivity contribution in [2.75, 3.05) is 32.7 Å². The summed E-state index contributed by atoms with van der Waals surface area (Å²) in [6.07, 6.45) is 2.13. The zero-order chi connectivity index (χ0) is 10.4. The lowest BCUT2D eigenvalue weighted by Gasteiger charge is -2.30. The van der Waals surface area contributed by atoms with Crippen molar-refractivity contribution in [3.63, 3.8) is 0 Å². The highest BCUT2D eigenvalue weighted by Gasteiger charge is 2.20. The second kappa shape index (κ2) is 6.89. The maximum absolute atomic E-state index is 6.25. The Balaban J connectivity index is 2.20. The molecule has 1 saturated heterocycles. The summed E-state index contributed by atoms with van der Waals surface area (Å²) in [5.41, 5.74) is 0. The minimum absolute atomic E-state index is 0.0923. The lowest BCUT2D eigenvalue weighted by atomic mass is 10.2. The predicted octanol–water partition coefficient (Wildman–Crippen LogP) is 1.91. The normalized spacial score (nSPS) is 23.4. The minimum Gasteiger partial charge on any atom is -0.314 e. The zero-order valence-corrected chi connectivity index (χ0v) is 10.3. The van der Waals surface area contributed by atoms with Crippen LogP contribution < -0.4 is 5.32 Å². The summed E-state index contributed by atoms with van der Waals surface area (Å²) in [6, 6.07) is 0. The molecular formula is C10H20Cl2N2. The van der Waals surface area contributed by atoms with Crippen LogP contribution in [-0.4, -0.2) is 48.4 Å². The van der Waals surface area contributed by atoms with Crippen molar-refractivity contribution in [2.24, 2.45) is 0 Å². The molecule has 1 heterocycles. The number of piperazine rings is 1. The number of nitrogens with zero attached hydrogens (tertiary/aromatic N) is 1. The van der Waals surface area contributed by atoms with Gasteiger partial charge in [-0.3, -0.25) is 4.90 Å². The fourth-order valence-electron chi connectivity index (χ4n) is 1.71. The summed E-state index contributed by atoms with van der Waals surface area (Å²) in [5, 5.41) is 3.54. The third-order valence-electron chi connectivity index (χ3n) is 2.60. The van der Waals surface area contributed by atoms with E-state index in [0.717, 1.165) is 45.6 Å². The van der Waals surface area contributed by atoms with Crippen molar-refractivity contribution < 1.29 is 0 Å². The van der Waals surface area contributed by atoms with Crippen molar-refractivity contribution in [3.8, 4) is 0 Å². The van der Waals surface area contributed by atoms with E-state index in [-0.39, 0.29) is 10.8 Å². The molecule has 0 radical (unpaired) electrons. The van der Waals surface area contributed by atoms with E-state index in [1.54, 1.807) is 0 Å². The fourth-order valence-corrected chi connectivity index (χ4v) is 2.33. The van der Waals surface area contributed by atoms with E-state index in [1.165, 1.54) is 0 Å². The van der Waals surface area contributed by atoms with E-state index in [9.17, 15) is 0 Å². The summed E-state index contributed by atoms with van der Waals surface area (Å²) in [5.74, 6) is 0. The smallest absolute Gasteiger partial charge is 0.0626 e. The van der Waals surface area contributed by atoms with Gasteiger partial charge in [-0.05, 0) is 6.42 Å². The zero-order valence-electron chi connectivity index (χ0n) is 8.81. The molecule has 2 atom stereocenters. The molecule has 2 nitrogen and oxygen atoms in total. The van der Waals surface area contributed by atoms with Gasteiger partial charge in [-0.15, -0.1) is 23.2 Å². The van der Waals surface area contributed by atoms with Crippen LogP contribution in [0.1, 0.15) is 19.8 Å². The quantitative estimate of drug-likeness (QED) is 0.737. The van der Waals surface area contributed by atoms with Gasteiger partial charge in [0.1, 0.15) is 0 Å². The lowest BCUT2D eigenvalue weighted by Crippen LogP contribution is -2.46. The van der Waals surface area contributed by atoms with Gasteiger partial charge in [-0.1, -0.05) is 13.3 Å². The molecule has 14 heavy (non-hydrogen) atoms. The van der Waals surface area contributed by atoms with Crippen molar-refractivity contribution in [3.05, 3.63) is 0 Å². The van der Waals surface area contributed by atoms with Crippen LogP contribution in [-0.2, 0) is 0 Å². The Morgan fingerprint density at radius 1 is 1.21 bits per heavy atom. The summed E-state index contributed by atoms with van der Waals surface area (Å²) in [6.45, 7) is 7.41. The SMILES string of the molecule is CCCC(Cl)C(Cl)CN1CCNCC1. The molecule has 0 bridgehead atoms. The van der Waals surface area contributed by atoms with Crippen LogP contribution in [0.2, 0.25) is 0 Å². The van der Waals surface area contributed by atoms with Gasteiger partial charge in [-0.2, -0.15) is 0 Å². The Morgan fingerprint density at radius 2 is 1.86 bits per heavy atom. The molecule has 0 aromatic heterocycles. The van der Waals surface area contributed by atoms with Crippen molar-refractivity contribution in [1.29, 1.82) is 0 Å². The maximum Gasteiger partial charge on any atom is 0.0626 e. The molecule has 2 unspecified atom stereocenters. The van der Waals surface area contributed by atoms with Gasteiger partial charge in [0.05, 0.1) is 10.8 Å².